The normalized spacial score (nSPS) is 18.8. The number of nitrogens with zero attached hydrogens (tertiary/aromatic N) is 1. The lowest BCUT2D eigenvalue weighted by Crippen LogP contribution is -2.45. The number of carbonyl (C=O) groups is 1. The van der Waals surface area contributed by atoms with Crippen LogP contribution in [0.2, 0.25) is 0 Å². The van der Waals surface area contributed by atoms with Crippen LogP contribution < -0.4 is 5.32 Å². The highest BCUT2D eigenvalue weighted by molar-refractivity contribution is 5.86. The first-order chi connectivity index (χ1) is 11.2. The first kappa shape index (κ1) is 15.7. The Kier molecular flexibility index (Phi) is 4.73. The Morgan fingerprint density at radius 3 is 3.09 bits per heavy atom. The van der Waals surface area contributed by atoms with Gasteiger partial charge in [-0.05, 0) is 29.8 Å². The molecule has 1 aromatic heterocycles. The number of esters is 1. The van der Waals surface area contributed by atoms with Crippen molar-refractivity contribution in [2.75, 3.05) is 26.7 Å². The lowest BCUT2D eigenvalue weighted by Gasteiger charge is -2.36. The van der Waals surface area contributed by atoms with Gasteiger partial charge in [-0.2, -0.15) is 0 Å². The van der Waals surface area contributed by atoms with Crippen LogP contribution in [0.25, 0.3) is 0 Å². The fourth-order valence-corrected chi connectivity index (χ4v) is 2.85. The van der Waals surface area contributed by atoms with Gasteiger partial charge in [-0.1, -0.05) is 12.1 Å². The number of nitrogens with one attached hydrogen (secondary N) is 1. The Hall–Kier alpha value is -2.18. The lowest BCUT2D eigenvalue weighted by atomic mass is 10.0. The molecule has 1 aliphatic rings. The molecule has 0 bridgehead atoms. The molecular weight excluding hydrogens is 299 g/mol. The predicted molar refractivity (Wildman–Crippen MR) is 82.5 cm³/mol. The molecule has 0 radical (unpaired) electrons. The van der Waals surface area contributed by atoms with Crippen LogP contribution in [0, 0.1) is 5.82 Å². The molecule has 1 aromatic carbocycles. The van der Waals surface area contributed by atoms with Crippen LogP contribution in [0.5, 0.6) is 0 Å². The van der Waals surface area contributed by atoms with Gasteiger partial charge in [0.2, 0.25) is 5.76 Å². The van der Waals surface area contributed by atoms with Crippen molar-refractivity contribution < 1.29 is 18.3 Å². The third kappa shape index (κ3) is 3.60. The topological polar surface area (TPSA) is 54.7 Å². The summed E-state index contributed by atoms with van der Waals surface area (Å²) in [5, 5.41) is 3.33. The van der Waals surface area contributed by atoms with Crippen LogP contribution >= 0.6 is 0 Å². The molecule has 0 aliphatic carbocycles. The number of methoxy groups -OCH3 is 1. The van der Waals surface area contributed by atoms with Gasteiger partial charge in [0.15, 0.2) is 0 Å². The van der Waals surface area contributed by atoms with E-state index in [2.05, 4.69) is 15.0 Å². The zero-order chi connectivity index (χ0) is 16.2. The second kappa shape index (κ2) is 6.93. The van der Waals surface area contributed by atoms with Crippen LogP contribution in [0.15, 0.2) is 40.8 Å². The highest BCUT2D eigenvalue weighted by Crippen LogP contribution is 2.25. The summed E-state index contributed by atoms with van der Waals surface area (Å²) in [6.45, 7) is 2.97. The van der Waals surface area contributed by atoms with Crippen LogP contribution in [0.4, 0.5) is 4.39 Å². The van der Waals surface area contributed by atoms with Crippen molar-refractivity contribution in [1.29, 1.82) is 0 Å². The SMILES string of the molecule is COC(=O)c1ccc(CN2CCNCC2c2cccc(F)c2)o1. The zero-order valence-corrected chi connectivity index (χ0v) is 12.9. The second-order valence-corrected chi connectivity index (χ2v) is 5.50. The van der Waals surface area contributed by atoms with Gasteiger partial charge in [0, 0.05) is 25.7 Å². The van der Waals surface area contributed by atoms with E-state index in [1.165, 1.54) is 13.2 Å². The summed E-state index contributed by atoms with van der Waals surface area (Å²) in [5.41, 5.74) is 0.928. The minimum absolute atomic E-state index is 0.0612. The number of hydrogen-bond acceptors (Lipinski definition) is 5. The number of hydrogen-bond donors (Lipinski definition) is 1. The number of halogens is 1. The third-order valence-electron chi connectivity index (χ3n) is 3.99. The van der Waals surface area contributed by atoms with Crippen LogP contribution in [-0.4, -0.2) is 37.6 Å². The van der Waals surface area contributed by atoms with E-state index in [4.69, 9.17) is 4.42 Å². The first-order valence-corrected chi connectivity index (χ1v) is 7.54. The summed E-state index contributed by atoms with van der Waals surface area (Å²) < 4.78 is 23.7. The Balaban J connectivity index is 1.76. The monoisotopic (exact) mass is 318 g/mol. The minimum atomic E-state index is -0.488. The van der Waals surface area contributed by atoms with Crippen LogP contribution in [-0.2, 0) is 11.3 Å². The molecule has 1 fully saturated rings. The molecule has 2 aromatic rings. The summed E-state index contributed by atoms with van der Waals surface area (Å²) >= 11 is 0. The molecule has 0 amide bonds. The number of furan rings is 1. The Morgan fingerprint density at radius 2 is 2.30 bits per heavy atom. The van der Waals surface area contributed by atoms with Gasteiger partial charge in [0.1, 0.15) is 11.6 Å². The van der Waals surface area contributed by atoms with Crippen LogP contribution in [0.3, 0.4) is 0 Å². The molecule has 3 rings (SSSR count). The fourth-order valence-electron chi connectivity index (χ4n) is 2.85. The van der Waals surface area contributed by atoms with Crippen molar-refractivity contribution in [2.24, 2.45) is 0 Å². The molecule has 6 heteroatoms. The largest absolute Gasteiger partial charge is 0.463 e. The van der Waals surface area contributed by atoms with Crippen molar-refractivity contribution >= 4 is 5.97 Å². The maximum atomic E-state index is 13.5. The summed E-state index contributed by atoms with van der Waals surface area (Å²) in [5.74, 6) is 0.158. The van der Waals surface area contributed by atoms with Crippen molar-refractivity contribution in [3.63, 3.8) is 0 Å². The number of rotatable bonds is 4. The molecule has 1 aliphatic heterocycles. The second-order valence-electron chi connectivity index (χ2n) is 5.50. The van der Waals surface area contributed by atoms with E-state index in [1.807, 2.05) is 6.07 Å². The van der Waals surface area contributed by atoms with Crippen molar-refractivity contribution in [3.05, 3.63) is 59.3 Å². The van der Waals surface area contributed by atoms with E-state index in [0.717, 1.165) is 25.2 Å². The maximum Gasteiger partial charge on any atom is 0.373 e. The van der Waals surface area contributed by atoms with Crippen LogP contribution in [0.1, 0.15) is 27.9 Å². The molecule has 23 heavy (non-hydrogen) atoms. The quantitative estimate of drug-likeness (QED) is 0.877. The Labute approximate surface area is 134 Å². The minimum Gasteiger partial charge on any atom is -0.463 e. The number of ether oxygens (including phenoxy) is 1. The molecule has 1 unspecified atom stereocenters. The number of carbonyl (C=O) groups excluding carboxylic acids is 1. The molecular formula is C17H19FN2O3. The highest BCUT2D eigenvalue weighted by Gasteiger charge is 2.25. The van der Waals surface area contributed by atoms with E-state index >= 15 is 0 Å². The molecule has 122 valence electrons. The van der Waals surface area contributed by atoms with Gasteiger partial charge in [-0.15, -0.1) is 0 Å². The molecule has 0 spiro atoms. The van der Waals surface area contributed by atoms with E-state index in [0.29, 0.717) is 12.3 Å². The van der Waals surface area contributed by atoms with Gasteiger partial charge >= 0.3 is 5.97 Å². The molecule has 5 nitrogen and oxygen atoms in total. The molecule has 0 saturated carbocycles. The van der Waals surface area contributed by atoms with Crippen molar-refractivity contribution in [1.82, 2.24) is 10.2 Å². The Bertz CT molecular complexity index is 686. The summed E-state index contributed by atoms with van der Waals surface area (Å²) in [7, 11) is 1.32. The fraction of sp³-hybridized carbons (Fsp3) is 0.353. The molecule has 1 N–H and O–H groups in total. The van der Waals surface area contributed by atoms with Gasteiger partial charge in [-0.3, -0.25) is 4.90 Å². The van der Waals surface area contributed by atoms with Gasteiger partial charge in [0.25, 0.3) is 0 Å². The molecule has 2 heterocycles. The predicted octanol–water partition coefficient (Wildman–Crippen LogP) is 2.35. The maximum absolute atomic E-state index is 13.5. The van der Waals surface area contributed by atoms with Gasteiger partial charge in [0.05, 0.1) is 13.7 Å². The molecule has 1 saturated heterocycles. The third-order valence-corrected chi connectivity index (χ3v) is 3.99. The van der Waals surface area contributed by atoms with E-state index < -0.39 is 5.97 Å². The van der Waals surface area contributed by atoms with E-state index in [9.17, 15) is 9.18 Å². The number of benzene rings is 1. The summed E-state index contributed by atoms with van der Waals surface area (Å²) in [6, 6.07) is 10.1. The summed E-state index contributed by atoms with van der Waals surface area (Å²) in [6.07, 6.45) is 0. The first-order valence-electron chi connectivity index (χ1n) is 7.54. The van der Waals surface area contributed by atoms with Gasteiger partial charge in [-0.25, -0.2) is 9.18 Å². The van der Waals surface area contributed by atoms with Crippen molar-refractivity contribution in [2.45, 2.75) is 12.6 Å². The summed E-state index contributed by atoms with van der Waals surface area (Å²) in [4.78, 5) is 13.7. The van der Waals surface area contributed by atoms with E-state index in [1.54, 1.807) is 24.3 Å². The average molecular weight is 318 g/mol. The highest BCUT2D eigenvalue weighted by atomic mass is 19.1. The van der Waals surface area contributed by atoms with E-state index in [-0.39, 0.29) is 17.6 Å². The Morgan fingerprint density at radius 1 is 1.43 bits per heavy atom. The van der Waals surface area contributed by atoms with Crippen molar-refractivity contribution in [3.8, 4) is 0 Å². The zero-order valence-electron chi connectivity index (χ0n) is 12.9. The average Bonchev–Trinajstić information content (AvgIpc) is 3.03. The van der Waals surface area contributed by atoms with Gasteiger partial charge < -0.3 is 14.5 Å². The number of piperazine rings is 1. The smallest absolute Gasteiger partial charge is 0.373 e. The standard InChI is InChI=1S/C17H19FN2O3/c1-22-17(21)16-6-5-14(23-16)11-20-8-7-19-10-15(20)12-3-2-4-13(18)9-12/h2-6,9,15,19H,7-8,10-11H2,1H3. The molecule has 1 atom stereocenters. The lowest BCUT2D eigenvalue weighted by molar-refractivity contribution is 0.0559.